The second-order valence-corrected chi connectivity index (χ2v) is 8.38. The zero-order valence-electron chi connectivity index (χ0n) is 17.5. The fraction of sp³-hybridized carbons (Fsp3) is 0.348. The number of carbonyl (C=O) groups excluding carboxylic acids is 2. The quantitative estimate of drug-likeness (QED) is 0.569. The molecule has 2 aromatic carbocycles. The van der Waals surface area contributed by atoms with Gasteiger partial charge < -0.3 is 10.6 Å². The van der Waals surface area contributed by atoms with Crippen molar-refractivity contribution in [2.45, 2.75) is 52.4 Å². The summed E-state index contributed by atoms with van der Waals surface area (Å²) >= 11 is 5.26. The predicted molar refractivity (Wildman–Crippen MR) is 123 cm³/mol. The van der Waals surface area contributed by atoms with E-state index in [2.05, 4.69) is 36.7 Å². The van der Waals surface area contributed by atoms with Gasteiger partial charge in [-0.15, -0.1) is 0 Å². The van der Waals surface area contributed by atoms with Crippen LogP contribution in [-0.4, -0.2) is 16.9 Å². The second-order valence-electron chi connectivity index (χ2n) is 7.97. The summed E-state index contributed by atoms with van der Waals surface area (Å²) in [7, 11) is 0. The molecule has 0 aliphatic rings. The number of hydrogen-bond donors (Lipinski definition) is 3. The molecule has 0 radical (unpaired) electrons. The summed E-state index contributed by atoms with van der Waals surface area (Å²) in [6, 6.07) is 14.7. The molecule has 0 unspecified atom stereocenters. The van der Waals surface area contributed by atoms with Gasteiger partial charge in [0.2, 0.25) is 5.91 Å². The van der Waals surface area contributed by atoms with Gasteiger partial charge in [-0.1, -0.05) is 52.3 Å². The highest BCUT2D eigenvalue weighted by Gasteiger charge is 2.15. The first-order chi connectivity index (χ1) is 13.7. The number of rotatable bonds is 6. The molecule has 0 aliphatic carbocycles. The Morgan fingerprint density at radius 1 is 0.966 bits per heavy atom. The largest absolute Gasteiger partial charge is 0.332 e. The molecule has 0 heterocycles. The molecular formula is C23H29N3O2S. The number of nitrogens with one attached hydrogen (secondary N) is 3. The predicted octanol–water partition coefficient (Wildman–Crippen LogP) is 5.24. The first-order valence-corrected chi connectivity index (χ1v) is 10.2. The molecule has 0 atom stereocenters. The second kappa shape index (κ2) is 10.2. The average Bonchev–Trinajstić information content (AvgIpc) is 2.66. The van der Waals surface area contributed by atoms with Crippen LogP contribution in [0.25, 0.3) is 0 Å². The topological polar surface area (TPSA) is 70.2 Å². The van der Waals surface area contributed by atoms with Crippen molar-refractivity contribution in [3.63, 3.8) is 0 Å². The monoisotopic (exact) mass is 411 g/mol. The lowest BCUT2D eigenvalue weighted by Gasteiger charge is -2.19. The van der Waals surface area contributed by atoms with Crippen LogP contribution in [0.2, 0.25) is 0 Å². The number of anilines is 2. The van der Waals surface area contributed by atoms with E-state index in [9.17, 15) is 9.59 Å². The minimum Gasteiger partial charge on any atom is -0.332 e. The van der Waals surface area contributed by atoms with Crippen LogP contribution in [0.1, 0.15) is 62.9 Å². The average molecular weight is 412 g/mol. The van der Waals surface area contributed by atoms with Crippen molar-refractivity contribution >= 4 is 40.5 Å². The Morgan fingerprint density at radius 3 is 2.17 bits per heavy atom. The van der Waals surface area contributed by atoms with Crippen molar-refractivity contribution in [3.8, 4) is 0 Å². The standard InChI is InChI=1S/C23H29N3O2S/c1-5-6-10-20(27)24-18-8-7-9-19(15-18)25-22(29)26-21(28)16-11-13-17(14-12-16)23(2,3)4/h7-9,11-15H,5-6,10H2,1-4H3,(H,24,27)(H2,25,26,28,29). The molecule has 6 heteroatoms. The summed E-state index contributed by atoms with van der Waals surface area (Å²) in [6.07, 6.45) is 2.33. The van der Waals surface area contributed by atoms with Crippen LogP contribution in [0.5, 0.6) is 0 Å². The van der Waals surface area contributed by atoms with Crippen molar-refractivity contribution in [1.82, 2.24) is 5.32 Å². The first-order valence-electron chi connectivity index (χ1n) is 9.82. The highest BCUT2D eigenvalue weighted by Crippen LogP contribution is 2.22. The third-order valence-electron chi connectivity index (χ3n) is 4.40. The summed E-state index contributed by atoms with van der Waals surface area (Å²) in [5, 5.41) is 8.73. The summed E-state index contributed by atoms with van der Waals surface area (Å²) < 4.78 is 0. The van der Waals surface area contributed by atoms with Crippen LogP contribution in [-0.2, 0) is 10.2 Å². The lowest BCUT2D eigenvalue weighted by atomic mass is 9.87. The molecule has 0 bridgehead atoms. The Hall–Kier alpha value is -2.73. The van der Waals surface area contributed by atoms with E-state index in [1.807, 2.05) is 37.3 Å². The molecule has 5 nitrogen and oxygen atoms in total. The fourth-order valence-electron chi connectivity index (χ4n) is 2.69. The van der Waals surface area contributed by atoms with Gasteiger partial charge in [0.25, 0.3) is 5.91 Å². The van der Waals surface area contributed by atoms with E-state index in [0.29, 0.717) is 23.4 Å². The van der Waals surface area contributed by atoms with Crippen molar-refractivity contribution in [2.24, 2.45) is 0 Å². The number of benzene rings is 2. The minimum absolute atomic E-state index is 0.0152. The first kappa shape index (κ1) is 22.6. The van der Waals surface area contributed by atoms with E-state index in [-0.39, 0.29) is 22.3 Å². The Balaban J connectivity index is 1.94. The van der Waals surface area contributed by atoms with Gasteiger partial charge in [0, 0.05) is 23.4 Å². The molecule has 2 rings (SSSR count). The highest BCUT2D eigenvalue weighted by atomic mass is 32.1. The smallest absolute Gasteiger partial charge is 0.257 e. The van der Waals surface area contributed by atoms with Crippen LogP contribution >= 0.6 is 12.2 Å². The van der Waals surface area contributed by atoms with E-state index in [1.165, 1.54) is 0 Å². The van der Waals surface area contributed by atoms with Crippen LogP contribution in [0.3, 0.4) is 0 Å². The zero-order valence-corrected chi connectivity index (χ0v) is 18.3. The van der Waals surface area contributed by atoms with Gasteiger partial charge in [0.05, 0.1) is 0 Å². The molecule has 3 N–H and O–H groups in total. The van der Waals surface area contributed by atoms with Crippen LogP contribution in [0.15, 0.2) is 48.5 Å². The number of carbonyl (C=O) groups is 2. The van der Waals surface area contributed by atoms with E-state index >= 15 is 0 Å². The van der Waals surface area contributed by atoms with E-state index in [4.69, 9.17) is 12.2 Å². The summed E-state index contributed by atoms with van der Waals surface area (Å²) in [6.45, 7) is 8.43. The van der Waals surface area contributed by atoms with Gasteiger partial charge in [0.15, 0.2) is 5.11 Å². The van der Waals surface area contributed by atoms with E-state index < -0.39 is 0 Å². The number of hydrogen-bond acceptors (Lipinski definition) is 3. The number of unbranched alkanes of at least 4 members (excludes halogenated alkanes) is 1. The van der Waals surface area contributed by atoms with Gasteiger partial charge in [0.1, 0.15) is 0 Å². The summed E-state index contributed by atoms with van der Waals surface area (Å²) in [4.78, 5) is 24.3. The van der Waals surface area contributed by atoms with Gasteiger partial charge in [-0.3, -0.25) is 14.9 Å². The normalized spacial score (nSPS) is 10.9. The van der Waals surface area contributed by atoms with Crippen LogP contribution in [0, 0.1) is 0 Å². The molecule has 0 spiro atoms. The summed E-state index contributed by atoms with van der Waals surface area (Å²) in [5.74, 6) is -0.287. The molecule has 29 heavy (non-hydrogen) atoms. The Labute approximate surface area is 178 Å². The molecule has 0 fully saturated rings. The number of thiocarbonyl (C=S) groups is 1. The van der Waals surface area contributed by atoms with Crippen molar-refractivity contribution in [2.75, 3.05) is 10.6 Å². The minimum atomic E-state index is -0.271. The Bertz CT molecular complexity index is 870. The van der Waals surface area contributed by atoms with Gasteiger partial charge in [-0.05, 0) is 59.9 Å². The maximum Gasteiger partial charge on any atom is 0.257 e. The SMILES string of the molecule is CCCCC(=O)Nc1cccc(NC(=S)NC(=O)c2ccc(C(C)(C)C)cc2)c1. The molecule has 0 saturated carbocycles. The van der Waals surface area contributed by atoms with Crippen LogP contribution < -0.4 is 16.0 Å². The van der Waals surface area contributed by atoms with Crippen molar-refractivity contribution in [1.29, 1.82) is 0 Å². The molecule has 0 saturated heterocycles. The molecule has 0 aromatic heterocycles. The summed E-state index contributed by atoms with van der Waals surface area (Å²) in [5.41, 5.74) is 3.10. The van der Waals surface area contributed by atoms with E-state index in [0.717, 1.165) is 18.4 Å². The van der Waals surface area contributed by atoms with Gasteiger partial charge in [-0.25, -0.2) is 0 Å². The maximum atomic E-state index is 12.4. The third-order valence-corrected chi connectivity index (χ3v) is 4.61. The fourth-order valence-corrected chi connectivity index (χ4v) is 2.91. The molecule has 154 valence electrons. The molecule has 2 amide bonds. The van der Waals surface area contributed by atoms with Crippen molar-refractivity contribution in [3.05, 3.63) is 59.7 Å². The third kappa shape index (κ3) is 7.31. The molecule has 0 aliphatic heterocycles. The molecular weight excluding hydrogens is 382 g/mol. The Morgan fingerprint density at radius 2 is 1.59 bits per heavy atom. The Kier molecular flexibility index (Phi) is 7.91. The van der Waals surface area contributed by atoms with Gasteiger partial charge in [-0.2, -0.15) is 0 Å². The van der Waals surface area contributed by atoms with E-state index in [1.54, 1.807) is 18.2 Å². The molecule has 2 aromatic rings. The lowest BCUT2D eigenvalue weighted by Crippen LogP contribution is -2.34. The highest BCUT2D eigenvalue weighted by molar-refractivity contribution is 7.80. The van der Waals surface area contributed by atoms with Gasteiger partial charge >= 0.3 is 0 Å². The van der Waals surface area contributed by atoms with Crippen molar-refractivity contribution < 1.29 is 9.59 Å². The zero-order chi connectivity index (χ0) is 21.4. The van der Waals surface area contributed by atoms with Crippen LogP contribution in [0.4, 0.5) is 11.4 Å². The maximum absolute atomic E-state index is 12.4. The lowest BCUT2D eigenvalue weighted by molar-refractivity contribution is -0.116. The number of amides is 2.